The van der Waals surface area contributed by atoms with Crippen LogP contribution in [0, 0.1) is 11.8 Å². The van der Waals surface area contributed by atoms with E-state index in [1.165, 1.54) is 12.8 Å². The molecule has 0 aliphatic heterocycles. The summed E-state index contributed by atoms with van der Waals surface area (Å²) < 4.78 is 5.71. The third-order valence-corrected chi connectivity index (χ3v) is 3.54. The molecule has 20 heavy (non-hydrogen) atoms. The van der Waals surface area contributed by atoms with E-state index in [0.717, 1.165) is 0 Å². The van der Waals surface area contributed by atoms with Gasteiger partial charge in [-0.15, -0.1) is 0 Å². The van der Waals surface area contributed by atoms with E-state index < -0.39 is 6.10 Å². The number of aliphatic hydroxyl groups is 1. The Morgan fingerprint density at radius 3 is 2.75 bits per heavy atom. The van der Waals surface area contributed by atoms with Crippen LogP contribution < -0.4 is 10.1 Å². The van der Waals surface area contributed by atoms with E-state index >= 15 is 0 Å². The topological polar surface area (TPSA) is 58.6 Å². The monoisotopic (exact) mass is 277 g/mol. The van der Waals surface area contributed by atoms with Gasteiger partial charge in [0.1, 0.15) is 5.75 Å². The summed E-state index contributed by atoms with van der Waals surface area (Å²) in [5.41, 5.74) is 0.532. The van der Waals surface area contributed by atoms with Crippen molar-refractivity contribution >= 4 is 5.91 Å². The van der Waals surface area contributed by atoms with E-state index in [9.17, 15) is 9.90 Å². The Bertz CT molecular complexity index is 455. The molecule has 1 aliphatic carbocycles. The minimum Gasteiger partial charge on any atom is -0.492 e. The summed E-state index contributed by atoms with van der Waals surface area (Å²) in [6, 6.07) is 7.25. The highest BCUT2D eigenvalue weighted by Crippen LogP contribution is 2.30. The molecule has 0 bridgehead atoms. The molecule has 1 atom stereocenters. The molecule has 2 rings (SSSR count). The lowest BCUT2D eigenvalue weighted by atomic mass is 10.1. The summed E-state index contributed by atoms with van der Waals surface area (Å²) in [5.74, 6) is 1.19. The van der Waals surface area contributed by atoms with E-state index in [2.05, 4.69) is 5.32 Å². The van der Waals surface area contributed by atoms with Gasteiger partial charge in [-0.3, -0.25) is 4.79 Å². The number of nitrogens with one attached hydrogen (secondary N) is 1. The number of benzene rings is 1. The van der Waals surface area contributed by atoms with Gasteiger partial charge in [-0.25, -0.2) is 0 Å². The van der Waals surface area contributed by atoms with Gasteiger partial charge in [0, 0.05) is 6.54 Å². The van der Waals surface area contributed by atoms with Crippen LogP contribution in [0.5, 0.6) is 5.75 Å². The predicted molar refractivity (Wildman–Crippen MR) is 77.8 cm³/mol. The quantitative estimate of drug-likeness (QED) is 0.803. The molecule has 1 aromatic carbocycles. The SMILES string of the molecule is CC(C)[C@H](O)CNC(=O)c1ccccc1OCC1CC1. The molecular formula is C16H23NO3. The third-order valence-electron chi connectivity index (χ3n) is 3.54. The van der Waals surface area contributed by atoms with Crippen molar-refractivity contribution in [2.24, 2.45) is 11.8 Å². The molecule has 4 nitrogen and oxygen atoms in total. The highest BCUT2D eigenvalue weighted by Gasteiger charge is 2.23. The van der Waals surface area contributed by atoms with Crippen LogP contribution in [0.25, 0.3) is 0 Å². The summed E-state index contributed by atoms with van der Waals surface area (Å²) in [6.45, 7) is 4.78. The molecule has 1 amide bonds. The molecule has 0 heterocycles. The largest absolute Gasteiger partial charge is 0.492 e. The van der Waals surface area contributed by atoms with Crippen molar-refractivity contribution in [3.8, 4) is 5.75 Å². The van der Waals surface area contributed by atoms with Gasteiger partial charge in [-0.2, -0.15) is 0 Å². The number of hydrogen-bond acceptors (Lipinski definition) is 3. The zero-order chi connectivity index (χ0) is 14.5. The highest BCUT2D eigenvalue weighted by molar-refractivity contribution is 5.96. The number of aliphatic hydroxyl groups excluding tert-OH is 1. The van der Waals surface area contributed by atoms with Crippen LogP contribution in [-0.2, 0) is 0 Å². The lowest BCUT2D eigenvalue weighted by Crippen LogP contribution is -2.34. The van der Waals surface area contributed by atoms with E-state index in [1.54, 1.807) is 6.07 Å². The van der Waals surface area contributed by atoms with Crippen molar-refractivity contribution < 1.29 is 14.6 Å². The zero-order valence-corrected chi connectivity index (χ0v) is 12.1. The van der Waals surface area contributed by atoms with E-state index in [0.29, 0.717) is 23.8 Å². The van der Waals surface area contributed by atoms with Gasteiger partial charge in [0.25, 0.3) is 5.91 Å². The fraction of sp³-hybridized carbons (Fsp3) is 0.562. The van der Waals surface area contributed by atoms with Gasteiger partial charge in [0.05, 0.1) is 18.3 Å². The van der Waals surface area contributed by atoms with Crippen molar-refractivity contribution in [1.82, 2.24) is 5.32 Å². The molecule has 0 radical (unpaired) electrons. The van der Waals surface area contributed by atoms with Crippen LogP contribution in [0.1, 0.15) is 37.0 Å². The molecule has 2 N–H and O–H groups in total. The maximum atomic E-state index is 12.2. The Balaban J connectivity index is 1.93. The molecule has 0 spiro atoms. The summed E-state index contributed by atoms with van der Waals surface area (Å²) in [5, 5.41) is 12.5. The predicted octanol–water partition coefficient (Wildman–Crippen LogP) is 2.22. The van der Waals surface area contributed by atoms with Crippen molar-refractivity contribution in [2.75, 3.05) is 13.2 Å². The van der Waals surface area contributed by atoms with Crippen molar-refractivity contribution in [3.63, 3.8) is 0 Å². The van der Waals surface area contributed by atoms with Crippen molar-refractivity contribution in [2.45, 2.75) is 32.8 Å². The second-order valence-corrected chi connectivity index (χ2v) is 5.77. The molecule has 0 aromatic heterocycles. The normalized spacial score (nSPS) is 16.0. The molecule has 110 valence electrons. The van der Waals surface area contributed by atoms with Gasteiger partial charge in [-0.1, -0.05) is 26.0 Å². The zero-order valence-electron chi connectivity index (χ0n) is 12.1. The first-order valence-corrected chi connectivity index (χ1v) is 7.26. The van der Waals surface area contributed by atoms with Crippen molar-refractivity contribution in [3.05, 3.63) is 29.8 Å². The smallest absolute Gasteiger partial charge is 0.255 e. The van der Waals surface area contributed by atoms with E-state index in [1.807, 2.05) is 32.0 Å². The number of carbonyl (C=O) groups excluding carboxylic acids is 1. The number of para-hydroxylation sites is 1. The summed E-state index contributed by atoms with van der Waals surface area (Å²) in [6.07, 6.45) is 1.91. The number of rotatable bonds is 7. The van der Waals surface area contributed by atoms with Crippen LogP contribution in [-0.4, -0.2) is 30.3 Å². The van der Waals surface area contributed by atoms with Crippen LogP contribution in [0.15, 0.2) is 24.3 Å². The summed E-state index contributed by atoms with van der Waals surface area (Å²) >= 11 is 0. The van der Waals surface area contributed by atoms with Gasteiger partial charge < -0.3 is 15.2 Å². The van der Waals surface area contributed by atoms with Gasteiger partial charge in [0.15, 0.2) is 0 Å². The van der Waals surface area contributed by atoms with Crippen LogP contribution in [0.3, 0.4) is 0 Å². The molecule has 1 saturated carbocycles. The van der Waals surface area contributed by atoms with Crippen molar-refractivity contribution in [1.29, 1.82) is 0 Å². The second kappa shape index (κ2) is 6.75. The molecule has 4 heteroatoms. The average Bonchev–Trinajstić information content (AvgIpc) is 3.26. The lowest BCUT2D eigenvalue weighted by molar-refractivity contribution is 0.0867. The first kappa shape index (κ1) is 14.9. The van der Waals surface area contributed by atoms with Crippen LogP contribution in [0.4, 0.5) is 0 Å². The molecule has 0 saturated heterocycles. The van der Waals surface area contributed by atoms with E-state index in [4.69, 9.17) is 4.74 Å². The third kappa shape index (κ3) is 4.23. The summed E-state index contributed by atoms with van der Waals surface area (Å²) in [4.78, 5) is 12.2. The Morgan fingerprint density at radius 2 is 2.10 bits per heavy atom. The van der Waals surface area contributed by atoms with E-state index in [-0.39, 0.29) is 18.4 Å². The second-order valence-electron chi connectivity index (χ2n) is 5.77. The number of ether oxygens (including phenoxy) is 1. The fourth-order valence-corrected chi connectivity index (χ4v) is 1.80. The Morgan fingerprint density at radius 1 is 1.40 bits per heavy atom. The maximum Gasteiger partial charge on any atom is 0.255 e. The minimum absolute atomic E-state index is 0.122. The van der Waals surface area contributed by atoms with Gasteiger partial charge in [-0.05, 0) is 36.8 Å². The fourth-order valence-electron chi connectivity index (χ4n) is 1.80. The molecule has 1 aromatic rings. The van der Waals surface area contributed by atoms with Crippen LogP contribution in [0.2, 0.25) is 0 Å². The number of amides is 1. The Hall–Kier alpha value is -1.55. The number of carbonyl (C=O) groups is 1. The van der Waals surface area contributed by atoms with Crippen LogP contribution >= 0.6 is 0 Å². The Kier molecular flexibility index (Phi) is 5.01. The van der Waals surface area contributed by atoms with Gasteiger partial charge >= 0.3 is 0 Å². The highest BCUT2D eigenvalue weighted by atomic mass is 16.5. The molecule has 1 fully saturated rings. The molecule has 1 aliphatic rings. The number of hydrogen-bond donors (Lipinski definition) is 2. The average molecular weight is 277 g/mol. The first-order valence-electron chi connectivity index (χ1n) is 7.26. The molecular weight excluding hydrogens is 254 g/mol. The summed E-state index contributed by atoms with van der Waals surface area (Å²) in [7, 11) is 0. The minimum atomic E-state index is -0.529. The lowest BCUT2D eigenvalue weighted by Gasteiger charge is -2.16. The van der Waals surface area contributed by atoms with Gasteiger partial charge in [0.2, 0.25) is 0 Å². The first-order chi connectivity index (χ1) is 9.58. The Labute approximate surface area is 120 Å². The maximum absolute atomic E-state index is 12.2. The standard InChI is InChI=1S/C16H23NO3/c1-11(2)14(18)9-17-16(19)13-5-3-4-6-15(13)20-10-12-7-8-12/h3-6,11-12,14,18H,7-10H2,1-2H3,(H,17,19)/t14-/m1/s1. The molecule has 0 unspecified atom stereocenters.